The van der Waals surface area contributed by atoms with Gasteiger partial charge in [-0.05, 0) is 45.7 Å². The molecule has 5 atom stereocenters. The number of para-hydroxylation sites is 1. The van der Waals surface area contributed by atoms with Gasteiger partial charge in [0.25, 0.3) is 0 Å². The third-order valence-electron chi connectivity index (χ3n) is 5.20. The van der Waals surface area contributed by atoms with E-state index in [1.54, 1.807) is 0 Å². The van der Waals surface area contributed by atoms with Gasteiger partial charge in [0.05, 0.1) is 18.1 Å². The Morgan fingerprint density at radius 2 is 1.73 bits per heavy atom. The van der Waals surface area contributed by atoms with Crippen LogP contribution in [0.25, 0.3) is 0 Å². The molecule has 2 rings (SSSR count). The highest BCUT2D eigenvalue weighted by Gasteiger charge is 2.46. The van der Waals surface area contributed by atoms with Gasteiger partial charge in [0, 0.05) is 18.4 Å². The van der Waals surface area contributed by atoms with Crippen LogP contribution in [0.2, 0.25) is 0 Å². The zero-order chi connectivity index (χ0) is 19.6. The van der Waals surface area contributed by atoms with Gasteiger partial charge >= 0.3 is 5.97 Å². The molecule has 5 nitrogen and oxygen atoms in total. The fourth-order valence-electron chi connectivity index (χ4n) is 3.67. The Labute approximate surface area is 156 Å². The monoisotopic (exact) mass is 364 g/mol. The number of benzene rings is 1. The molecular weight excluding hydrogens is 332 g/mol. The summed E-state index contributed by atoms with van der Waals surface area (Å²) in [5.74, 6) is -1.07. The maximum absolute atomic E-state index is 12.8. The van der Waals surface area contributed by atoms with Crippen LogP contribution in [-0.4, -0.2) is 35.7 Å². The summed E-state index contributed by atoms with van der Waals surface area (Å²) in [4.78, 5) is 12.8. The highest BCUT2D eigenvalue weighted by Crippen LogP contribution is 2.38. The first-order valence-electron chi connectivity index (χ1n) is 9.31. The number of carbonyl (C=O) groups excluding carboxylic acids is 1. The molecular formula is C21H32O5. The van der Waals surface area contributed by atoms with Gasteiger partial charge < -0.3 is 19.3 Å². The van der Waals surface area contributed by atoms with Crippen molar-refractivity contribution in [3.63, 3.8) is 0 Å². The molecule has 1 heterocycles. The summed E-state index contributed by atoms with van der Waals surface area (Å²) in [7, 11) is 0. The summed E-state index contributed by atoms with van der Waals surface area (Å²) in [6.07, 6.45) is -0.543. The van der Waals surface area contributed by atoms with Crippen molar-refractivity contribution in [1.29, 1.82) is 0 Å². The van der Waals surface area contributed by atoms with Crippen molar-refractivity contribution in [2.75, 3.05) is 6.61 Å². The average molecular weight is 364 g/mol. The SMILES string of the molecule is Cc1cccc(C)c1OC(=O)[C@@H](C)[C@H]1OC(C)(C)O[C@@H]([C@H](C)CO)[C@H]1C. The first kappa shape index (κ1) is 20.9. The van der Waals surface area contributed by atoms with Crippen LogP contribution in [0, 0.1) is 31.6 Å². The third-order valence-corrected chi connectivity index (χ3v) is 5.20. The lowest BCUT2D eigenvalue weighted by Crippen LogP contribution is -2.55. The van der Waals surface area contributed by atoms with Gasteiger partial charge in [0.2, 0.25) is 0 Å². The van der Waals surface area contributed by atoms with Crippen LogP contribution in [0.1, 0.15) is 45.7 Å². The second-order valence-electron chi connectivity index (χ2n) is 8.01. The molecule has 0 saturated carbocycles. The molecule has 1 N–H and O–H groups in total. The van der Waals surface area contributed by atoms with Crippen molar-refractivity contribution in [3.8, 4) is 5.75 Å². The molecule has 1 aromatic carbocycles. The van der Waals surface area contributed by atoms with Crippen molar-refractivity contribution in [1.82, 2.24) is 0 Å². The highest BCUT2D eigenvalue weighted by atomic mass is 16.7. The Bertz CT molecular complexity index is 619. The number of hydrogen-bond donors (Lipinski definition) is 1. The van der Waals surface area contributed by atoms with E-state index in [1.807, 2.05) is 66.7 Å². The van der Waals surface area contributed by atoms with Crippen molar-refractivity contribution in [3.05, 3.63) is 29.3 Å². The van der Waals surface area contributed by atoms with Gasteiger partial charge in [-0.3, -0.25) is 4.79 Å². The van der Waals surface area contributed by atoms with E-state index in [0.717, 1.165) is 11.1 Å². The molecule has 1 aromatic rings. The number of rotatable bonds is 5. The van der Waals surface area contributed by atoms with Crippen LogP contribution < -0.4 is 4.74 Å². The topological polar surface area (TPSA) is 65.0 Å². The normalized spacial score (nSPS) is 27.6. The zero-order valence-corrected chi connectivity index (χ0v) is 16.9. The minimum Gasteiger partial charge on any atom is -0.426 e. The number of hydrogen-bond acceptors (Lipinski definition) is 5. The molecule has 1 aliphatic heterocycles. The molecule has 1 fully saturated rings. The van der Waals surface area contributed by atoms with E-state index >= 15 is 0 Å². The number of aliphatic hydroxyl groups excluding tert-OH is 1. The second kappa shape index (κ2) is 8.07. The minimum absolute atomic E-state index is 0.0268. The number of esters is 1. The average Bonchev–Trinajstić information content (AvgIpc) is 2.58. The Balaban J connectivity index is 2.20. The molecule has 0 amide bonds. The van der Waals surface area contributed by atoms with E-state index in [1.165, 1.54) is 0 Å². The maximum Gasteiger partial charge on any atom is 0.316 e. The summed E-state index contributed by atoms with van der Waals surface area (Å²) < 4.78 is 17.8. The van der Waals surface area contributed by atoms with Crippen LogP contribution in [0.3, 0.4) is 0 Å². The van der Waals surface area contributed by atoms with Gasteiger partial charge in [-0.15, -0.1) is 0 Å². The molecule has 1 aliphatic rings. The molecule has 0 unspecified atom stereocenters. The van der Waals surface area contributed by atoms with Gasteiger partial charge in [-0.1, -0.05) is 32.0 Å². The second-order valence-corrected chi connectivity index (χ2v) is 8.01. The molecule has 1 saturated heterocycles. The molecule has 0 bridgehead atoms. The fourth-order valence-corrected chi connectivity index (χ4v) is 3.67. The third kappa shape index (κ3) is 4.45. The zero-order valence-electron chi connectivity index (χ0n) is 16.9. The van der Waals surface area contributed by atoms with Crippen LogP contribution in [0.15, 0.2) is 18.2 Å². The summed E-state index contributed by atoms with van der Waals surface area (Å²) in [6, 6.07) is 5.80. The summed E-state index contributed by atoms with van der Waals surface area (Å²) >= 11 is 0. The standard InChI is InChI=1S/C21H32O5/c1-12-9-8-10-13(2)17(12)24-20(23)16(5)19-15(4)18(14(3)11-22)25-21(6,7)26-19/h8-10,14-16,18-19,22H,11H2,1-7H3/t14-,15-,16+,18+,19+/m1/s1. The van der Waals surface area contributed by atoms with Crippen molar-refractivity contribution < 1.29 is 24.1 Å². The summed E-state index contributed by atoms with van der Waals surface area (Å²) in [6.45, 7) is 13.3. The predicted molar refractivity (Wildman–Crippen MR) is 100.0 cm³/mol. The molecule has 146 valence electrons. The van der Waals surface area contributed by atoms with Crippen LogP contribution in [0.5, 0.6) is 5.75 Å². The van der Waals surface area contributed by atoms with Crippen molar-refractivity contribution in [2.45, 2.75) is 66.5 Å². The summed E-state index contributed by atoms with van der Waals surface area (Å²) in [5, 5.41) is 9.55. The molecule has 0 aliphatic carbocycles. The van der Waals surface area contributed by atoms with Crippen LogP contribution in [0.4, 0.5) is 0 Å². The van der Waals surface area contributed by atoms with Crippen LogP contribution in [-0.2, 0) is 14.3 Å². The van der Waals surface area contributed by atoms with Gasteiger partial charge in [0.15, 0.2) is 5.79 Å². The van der Waals surface area contributed by atoms with E-state index in [-0.39, 0.29) is 36.6 Å². The largest absolute Gasteiger partial charge is 0.426 e. The fraction of sp³-hybridized carbons (Fsp3) is 0.667. The van der Waals surface area contributed by atoms with Crippen LogP contribution >= 0.6 is 0 Å². The van der Waals surface area contributed by atoms with Crippen molar-refractivity contribution in [2.24, 2.45) is 17.8 Å². The maximum atomic E-state index is 12.8. The van der Waals surface area contributed by atoms with Gasteiger partial charge in [0.1, 0.15) is 5.75 Å². The number of carbonyl (C=O) groups is 1. The number of aryl methyl sites for hydroxylation is 2. The Morgan fingerprint density at radius 1 is 1.19 bits per heavy atom. The number of ether oxygens (including phenoxy) is 3. The van der Waals surface area contributed by atoms with E-state index < -0.39 is 11.7 Å². The predicted octanol–water partition coefficient (Wildman–Crippen LogP) is 3.63. The molecule has 0 spiro atoms. The van der Waals surface area contributed by atoms with E-state index in [2.05, 4.69) is 0 Å². The van der Waals surface area contributed by atoms with Gasteiger partial charge in [-0.2, -0.15) is 0 Å². The summed E-state index contributed by atoms with van der Waals surface area (Å²) in [5.41, 5.74) is 1.86. The molecule has 26 heavy (non-hydrogen) atoms. The smallest absolute Gasteiger partial charge is 0.316 e. The van der Waals surface area contributed by atoms with Crippen molar-refractivity contribution >= 4 is 5.97 Å². The Kier molecular flexibility index (Phi) is 6.48. The lowest BCUT2D eigenvalue weighted by molar-refractivity contribution is -0.333. The minimum atomic E-state index is -0.821. The van der Waals surface area contributed by atoms with E-state index in [9.17, 15) is 9.90 Å². The first-order chi connectivity index (χ1) is 12.1. The lowest BCUT2D eigenvalue weighted by Gasteiger charge is -2.48. The lowest BCUT2D eigenvalue weighted by atomic mass is 9.82. The highest BCUT2D eigenvalue weighted by molar-refractivity contribution is 5.76. The van der Waals surface area contributed by atoms with E-state index in [4.69, 9.17) is 14.2 Å². The molecule has 0 radical (unpaired) electrons. The van der Waals surface area contributed by atoms with E-state index in [0.29, 0.717) is 5.75 Å². The molecule has 5 heteroatoms. The Morgan fingerprint density at radius 3 is 2.27 bits per heavy atom. The van der Waals surface area contributed by atoms with Gasteiger partial charge in [-0.25, -0.2) is 0 Å². The molecule has 0 aromatic heterocycles. The first-order valence-corrected chi connectivity index (χ1v) is 9.31. The Hall–Kier alpha value is -1.43. The number of aliphatic hydroxyl groups is 1. The quantitative estimate of drug-likeness (QED) is 0.638.